The number of nitrogen functional groups attached to an aromatic ring is 1. The van der Waals surface area contributed by atoms with Gasteiger partial charge in [0.15, 0.2) is 5.82 Å². The summed E-state index contributed by atoms with van der Waals surface area (Å²) in [6, 6.07) is 5.16. The van der Waals surface area contributed by atoms with Crippen molar-refractivity contribution in [1.29, 1.82) is 5.41 Å². The maximum Gasteiger partial charge on any atom is 0.165 e. The minimum atomic E-state index is -0.0676. The molecule has 0 fully saturated rings. The van der Waals surface area contributed by atoms with Gasteiger partial charge >= 0.3 is 0 Å². The second-order valence-electron chi connectivity index (χ2n) is 4.56. The molecule has 7 heteroatoms. The van der Waals surface area contributed by atoms with Crippen LogP contribution in [0.1, 0.15) is 31.3 Å². The molecule has 0 saturated carbocycles. The number of nitrogens with two attached hydrogens (primary N) is 1. The van der Waals surface area contributed by atoms with Crippen LogP contribution in [0.3, 0.4) is 0 Å². The van der Waals surface area contributed by atoms with Gasteiger partial charge in [-0.1, -0.05) is 11.6 Å². The van der Waals surface area contributed by atoms with Gasteiger partial charge in [-0.25, -0.2) is 9.67 Å². The number of nitrogens with one attached hydrogen (secondary N) is 1. The number of rotatable bonds is 5. The first kappa shape index (κ1) is 14.3. The van der Waals surface area contributed by atoms with Crippen molar-refractivity contribution in [1.82, 2.24) is 14.8 Å². The van der Waals surface area contributed by atoms with E-state index in [1.165, 1.54) is 6.33 Å². The van der Waals surface area contributed by atoms with E-state index in [1.54, 1.807) is 22.9 Å². The topological polar surface area (TPSA) is 89.8 Å². The largest absolute Gasteiger partial charge is 0.485 e. The number of ether oxygens (including phenoxy) is 1. The Kier molecular flexibility index (Phi) is 4.24. The molecule has 2 rings (SSSR count). The molecule has 106 valence electrons. The summed E-state index contributed by atoms with van der Waals surface area (Å²) < 4.78 is 7.46. The highest BCUT2D eigenvalue weighted by Gasteiger charge is 2.11. The highest BCUT2D eigenvalue weighted by molar-refractivity contribution is 6.30. The number of hydrogen-bond acceptors (Lipinski definition) is 4. The number of benzene rings is 1. The highest BCUT2D eigenvalue weighted by Crippen LogP contribution is 2.24. The summed E-state index contributed by atoms with van der Waals surface area (Å²) in [6.45, 7) is 4.26. The molecule has 0 amide bonds. The predicted molar refractivity (Wildman–Crippen MR) is 77.2 cm³/mol. The molecule has 2 aromatic rings. The third-order valence-corrected chi connectivity index (χ3v) is 2.96. The Bertz CT molecular complexity index is 623. The molecule has 0 unspecified atom stereocenters. The Hall–Kier alpha value is -2.08. The lowest BCUT2D eigenvalue weighted by Gasteiger charge is -2.13. The van der Waals surface area contributed by atoms with Crippen molar-refractivity contribution in [3.63, 3.8) is 0 Å². The third kappa shape index (κ3) is 3.08. The van der Waals surface area contributed by atoms with E-state index < -0.39 is 0 Å². The van der Waals surface area contributed by atoms with Crippen molar-refractivity contribution in [2.75, 3.05) is 0 Å². The summed E-state index contributed by atoms with van der Waals surface area (Å²) in [6.07, 6.45) is 1.49. The van der Waals surface area contributed by atoms with Crippen LogP contribution in [0.5, 0.6) is 5.75 Å². The van der Waals surface area contributed by atoms with Crippen molar-refractivity contribution in [2.45, 2.75) is 26.5 Å². The van der Waals surface area contributed by atoms with E-state index >= 15 is 0 Å². The second kappa shape index (κ2) is 5.92. The molecule has 0 aliphatic carbocycles. The van der Waals surface area contributed by atoms with E-state index in [-0.39, 0.29) is 18.5 Å². The van der Waals surface area contributed by atoms with Crippen LogP contribution >= 0.6 is 11.6 Å². The zero-order valence-corrected chi connectivity index (χ0v) is 12.1. The van der Waals surface area contributed by atoms with E-state index in [0.29, 0.717) is 22.2 Å². The number of hydrogen-bond donors (Lipinski definition) is 2. The van der Waals surface area contributed by atoms with Crippen LogP contribution in [-0.4, -0.2) is 20.6 Å². The zero-order chi connectivity index (χ0) is 14.7. The van der Waals surface area contributed by atoms with Gasteiger partial charge in [-0.3, -0.25) is 5.41 Å². The van der Waals surface area contributed by atoms with Crippen LogP contribution in [0, 0.1) is 5.41 Å². The number of aromatic nitrogens is 3. The summed E-state index contributed by atoms with van der Waals surface area (Å²) in [7, 11) is 0. The van der Waals surface area contributed by atoms with Crippen molar-refractivity contribution < 1.29 is 4.74 Å². The van der Waals surface area contributed by atoms with Crippen LogP contribution in [0.25, 0.3) is 0 Å². The van der Waals surface area contributed by atoms with Gasteiger partial charge in [0.05, 0.1) is 5.56 Å². The van der Waals surface area contributed by atoms with Crippen molar-refractivity contribution in [2.24, 2.45) is 5.73 Å². The number of amidine groups is 1. The number of nitrogens with zero attached hydrogens (tertiary/aromatic N) is 3. The first-order valence-electron chi connectivity index (χ1n) is 6.14. The second-order valence-corrected chi connectivity index (χ2v) is 4.99. The van der Waals surface area contributed by atoms with Gasteiger partial charge in [-0.05, 0) is 32.0 Å². The van der Waals surface area contributed by atoms with E-state index in [1.807, 2.05) is 13.8 Å². The first-order valence-corrected chi connectivity index (χ1v) is 6.52. The summed E-state index contributed by atoms with van der Waals surface area (Å²) in [5.41, 5.74) is 6.02. The molecule has 1 aromatic carbocycles. The van der Waals surface area contributed by atoms with E-state index in [2.05, 4.69) is 10.1 Å². The average Bonchev–Trinajstić information content (AvgIpc) is 2.84. The molecular formula is C13H16ClN5O. The zero-order valence-electron chi connectivity index (χ0n) is 11.3. The van der Waals surface area contributed by atoms with E-state index in [4.69, 9.17) is 27.5 Å². The fraction of sp³-hybridized carbons (Fsp3) is 0.308. The minimum Gasteiger partial charge on any atom is -0.485 e. The Morgan fingerprint density at radius 3 is 2.90 bits per heavy atom. The third-order valence-electron chi connectivity index (χ3n) is 2.73. The maximum atomic E-state index is 7.53. The molecule has 0 aliphatic heterocycles. The normalized spacial score (nSPS) is 10.8. The lowest BCUT2D eigenvalue weighted by molar-refractivity contribution is 0.282. The summed E-state index contributed by atoms with van der Waals surface area (Å²) in [5, 5.41) is 12.2. The lowest BCUT2D eigenvalue weighted by atomic mass is 10.2. The quantitative estimate of drug-likeness (QED) is 0.654. The van der Waals surface area contributed by atoms with Crippen molar-refractivity contribution >= 4 is 17.4 Å². The lowest BCUT2D eigenvalue weighted by Crippen LogP contribution is -2.15. The molecule has 3 N–H and O–H groups in total. The van der Waals surface area contributed by atoms with Gasteiger partial charge < -0.3 is 10.5 Å². The molecule has 1 heterocycles. The fourth-order valence-electron chi connectivity index (χ4n) is 1.79. The smallest absolute Gasteiger partial charge is 0.165 e. The first-order chi connectivity index (χ1) is 9.49. The Labute approximate surface area is 122 Å². The molecule has 20 heavy (non-hydrogen) atoms. The van der Waals surface area contributed by atoms with Gasteiger partial charge in [0.2, 0.25) is 0 Å². The summed E-state index contributed by atoms with van der Waals surface area (Å²) in [5.74, 6) is 1.10. The standard InChI is InChI=1S/C13H16ClN5O/c1-8(2)19-12(17-7-18-19)6-20-11-5-9(14)3-4-10(11)13(15)16/h3-5,7-8H,6H2,1-2H3,(H3,15,16). The van der Waals surface area contributed by atoms with E-state index in [9.17, 15) is 0 Å². The molecule has 6 nitrogen and oxygen atoms in total. The van der Waals surface area contributed by atoms with Gasteiger partial charge in [-0.2, -0.15) is 5.10 Å². The van der Waals surface area contributed by atoms with Gasteiger partial charge in [0.25, 0.3) is 0 Å². The summed E-state index contributed by atoms with van der Waals surface area (Å²) >= 11 is 5.94. The molecule has 0 atom stereocenters. The Morgan fingerprint density at radius 1 is 1.50 bits per heavy atom. The highest BCUT2D eigenvalue weighted by atomic mass is 35.5. The molecule has 0 aliphatic rings. The van der Waals surface area contributed by atoms with Crippen LogP contribution in [0.2, 0.25) is 5.02 Å². The SMILES string of the molecule is CC(C)n1ncnc1COc1cc(Cl)ccc1C(=N)N. The predicted octanol–water partition coefficient (Wildman–Crippen LogP) is 2.38. The summed E-state index contributed by atoms with van der Waals surface area (Å²) in [4.78, 5) is 4.16. The van der Waals surface area contributed by atoms with E-state index in [0.717, 1.165) is 0 Å². The van der Waals surface area contributed by atoms with Crippen LogP contribution in [0.4, 0.5) is 0 Å². The molecule has 1 aromatic heterocycles. The van der Waals surface area contributed by atoms with Crippen LogP contribution < -0.4 is 10.5 Å². The Balaban J connectivity index is 2.20. The fourth-order valence-corrected chi connectivity index (χ4v) is 1.95. The molecule has 0 saturated heterocycles. The van der Waals surface area contributed by atoms with Crippen LogP contribution in [0.15, 0.2) is 24.5 Å². The van der Waals surface area contributed by atoms with Gasteiger partial charge in [-0.15, -0.1) is 0 Å². The van der Waals surface area contributed by atoms with Crippen molar-refractivity contribution in [3.8, 4) is 5.75 Å². The number of halogens is 1. The monoisotopic (exact) mass is 293 g/mol. The minimum absolute atomic E-state index is 0.0676. The molecule has 0 spiro atoms. The van der Waals surface area contributed by atoms with Crippen molar-refractivity contribution in [3.05, 3.63) is 40.9 Å². The Morgan fingerprint density at radius 2 is 2.25 bits per heavy atom. The molecular weight excluding hydrogens is 278 g/mol. The average molecular weight is 294 g/mol. The van der Waals surface area contributed by atoms with Gasteiger partial charge in [0, 0.05) is 11.1 Å². The molecule has 0 bridgehead atoms. The van der Waals surface area contributed by atoms with Crippen LogP contribution in [-0.2, 0) is 6.61 Å². The van der Waals surface area contributed by atoms with Gasteiger partial charge in [0.1, 0.15) is 24.5 Å². The molecule has 0 radical (unpaired) electrons. The maximum absolute atomic E-state index is 7.53.